The Hall–Kier alpha value is -2.62. The van der Waals surface area contributed by atoms with E-state index in [4.69, 9.17) is 9.16 Å². The second kappa shape index (κ2) is 7.57. The van der Waals surface area contributed by atoms with Crippen molar-refractivity contribution in [2.24, 2.45) is 0 Å². The smallest absolute Gasteiger partial charge is 0.183 e. The normalized spacial score (nSPS) is 16.6. The second-order valence-electron chi connectivity index (χ2n) is 9.11. The van der Waals surface area contributed by atoms with Gasteiger partial charge in [-0.2, -0.15) is 0 Å². The first-order valence-electron chi connectivity index (χ1n) is 10.8. The first kappa shape index (κ1) is 19.3. The predicted molar refractivity (Wildman–Crippen MR) is 126 cm³/mol. The fourth-order valence-electron chi connectivity index (χ4n) is 4.68. The molecule has 0 amide bonds. The van der Waals surface area contributed by atoms with Gasteiger partial charge in [-0.05, 0) is 65.5 Å². The average Bonchev–Trinajstić information content (AvgIpc) is 3.29. The van der Waals surface area contributed by atoms with Gasteiger partial charge in [0.05, 0.1) is 6.61 Å². The van der Waals surface area contributed by atoms with Crippen molar-refractivity contribution in [2.45, 2.75) is 32.0 Å². The van der Waals surface area contributed by atoms with Crippen LogP contribution in [0, 0.1) is 0 Å². The fourth-order valence-corrected chi connectivity index (χ4v) is 5.38. The zero-order valence-corrected chi connectivity index (χ0v) is 18.9. The minimum absolute atomic E-state index is 0.235. The SMILES string of the molecule is C[Si](C)(C)OCCOC1=CC(c2cccc3c2Cc2ccccc2-3)c2ccccc21. The Bertz CT molecular complexity index is 1120. The molecule has 0 N–H and O–H groups in total. The fraction of sp³-hybridized carbons (Fsp3) is 0.259. The van der Waals surface area contributed by atoms with Gasteiger partial charge in [-0.25, -0.2) is 0 Å². The molecular formula is C27H28O2Si. The first-order chi connectivity index (χ1) is 14.5. The lowest BCUT2D eigenvalue weighted by Crippen LogP contribution is -2.27. The molecule has 2 aliphatic rings. The number of benzene rings is 3. The topological polar surface area (TPSA) is 18.5 Å². The minimum Gasteiger partial charge on any atom is -0.491 e. The molecule has 0 spiro atoms. The maximum Gasteiger partial charge on any atom is 0.183 e. The first-order valence-corrected chi connectivity index (χ1v) is 14.2. The highest BCUT2D eigenvalue weighted by atomic mass is 28.4. The Morgan fingerprint density at radius 2 is 1.47 bits per heavy atom. The van der Waals surface area contributed by atoms with E-state index in [-0.39, 0.29) is 5.92 Å². The third-order valence-electron chi connectivity index (χ3n) is 5.98. The number of fused-ring (bicyclic) bond motifs is 4. The molecule has 0 saturated heterocycles. The molecule has 2 nitrogen and oxygen atoms in total. The third-order valence-corrected chi connectivity index (χ3v) is 7.05. The van der Waals surface area contributed by atoms with Gasteiger partial charge in [-0.1, -0.05) is 66.7 Å². The van der Waals surface area contributed by atoms with Gasteiger partial charge >= 0.3 is 0 Å². The van der Waals surface area contributed by atoms with Gasteiger partial charge in [0, 0.05) is 11.5 Å². The van der Waals surface area contributed by atoms with Gasteiger partial charge in [-0.15, -0.1) is 0 Å². The standard InChI is InChI=1S/C27H28O2Si/c1-30(2,3)29-16-15-28-27-18-26(22-11-6-7-12-24(22)27)23-14-8-13-21-20-10-5-4-9-19(20)17-25(21)23/h4-14,18,26H,15-17H2,1-3H3. The molecule has 152 valence electrons. The van der Waals surface area contributed by atoms with Gasteiger partial charge in [0.15, 0.2) is 8.32 Å². The van der Waals surface area contributed by atoms with E-state index < -0.39 is 8.32 Å². The molecule has 0 heterocycles. The minimum atomic E-state index is -1.51. The van der Waals surface area contributed by atoms with Crippen molar-refractivity contribution in [3.63, 3.8) is 0 Å². The van der Waals surface area contributed by atoms with Crippen molar-refractivity contribution in [1.82, 2.24) is 0 Å². The number of hydrogen-bond acceptors (Lipinski definition) is 2. The van der Waals surface area contributed by atoms with Crippen LogP contribution in [0.25, 0.3) is 16.9 Å². The molecule has 0 radical (unpaired) electrons. The summed E-state index contributed by atoms with van der Waals surface area (Å²) >= 11 is 0. The molecule has 3 heteroatoms. The highest BCUT2D eigenvalue weighted by molar-refractivity contribution is 6.69. The number of rotatable bonds is 6. The third kappa shape index (κ3) is 3.53. The molecule has 0 aromatic heterocycles. The molecule has 0 bridgehead atoms. The maximum atomic E-state index is 6.22. The highest BCUT2D eigenvalue weighted by Crippen LogP contribution is 2.46. The van der Waals surface area contributed by atoms with Gasteiger partial charge in [-0.3, -0.25) is 0 Å². The zero-order valence-electron chi connectivity index (χ0n) is 17.9. The Balaban J connectivity index is 1.46. The van der Waals surface area contributed by atoms with Gasteiger partial charge < -0.3 is 9.16 Å². The Morgan fingerprint density at radius 1 is 0.767 bits per heavy atom. The number of hydrogen-bond donors (Lipinski definition) is 0. The highest BCUT2D eigenvalue weighted by Gasteiger charge is 2.30. The summed E-state index contributed by atoms with van der Waals surface area (Å²) < 4.78 is 12.2. The molecule has 0 saturated carbocycles. The molecule has 3 aromatic carbocycles. The molecule has 1 unspecified atom stereocenters. The predicted octanol–water partition coefficient (Wildman–Crippen LogP) is 6.61. The summed E-state index contributed by atoms with van der Waals surface area (Å²) in [5.41, 5.74) is 9.59. The van der Waals surface area contributed by atoms with Crippen molar-refractivity contribution in [2.75, 3.05) is 13.2 Å². The van der Waals surface area contributed by atoms with E-state index in [2.05, 4.69) is 92.4 Å². The quantitative estimate of drug-likeness (QED) is 0.262. The molecule has 5 rings (SSSR count). The van der Waals surface area contributed by atoms with Crippen molar-refractivity contribution in [1.29, 1.82) is 0 Å². The monoisotopic (exact) mass is 412 g/mol. The van der Waals surface area contributed by atoms with Crippen LogP contribution in [0.4, 0.5) is 0 Å². The van der Waals surface area contributed by atoms with Crippen LogP contribution in [0.1, 0.15) is 33.7 Å². The van der Waals surface area contributed by atoms with E-state index >= 15 is 0 Å². The number of allylic oxidation sites excluding steroid dienone is 1. The largest absolute Gasteiger partial charge is 0.491 e. The van der Waals surface area contributed by atoms with Crippen molar-refractivity contribution < 1.29 is 9.16 Å². The van der Waals surface area contributed by atoms with E-state index in [1.165, 1.54) is 38.9 Å². The summed E-state index contributed by atoms with van der Waals surface area (Å²) in [6.45, 7) is 7.87. The molecule has 1 atom stereocenters. The van der Waals surface area contributed by atoms with Crippen LogP contribution in [-0.2, 0) is 15.6 Å². The van der Waals surface area contributed by atoms with E-state index in [1.54, 1.807) is 0 Å². The van der Waals surface area contributed by atoms with E-state index in [0.717, 1.165) is 12.2 Å². The van der Waals surface area contributed by atoms with Crippen LogP contribution in [0.5, 0.6) is 0 Å². The summed E-state index contributed by atoms with van der Waals surface area (Å²) in [6.07, 6.45) is 3.31. The van der Waals surface area contributed by atoms with Crippen LogP contribution in [-0.4, -0.2) is 21.5 Å². The van der Waals surface area contributed by atoms with Crippen molar-refractivity contribution in [3.8, 4) is 11.1 Å². The lowest BCUT2D eigenvalue weighted by atomic mass is 9.88. The second-order valence-corrected chi connectivity index (χ2v) is 13.6. The lowest BCUT2D eigenvalue weighted by Gasteiger charge is -2.17. The van der Waals surface area contributed by atoms with Gasteiger partial charge in [0.2, 0.25) is 0 Å². The summed E-state index contributed by atoms with van der Waals surface area (Å²) in [7, 11) is -1.51. The van der Waals surface area contributed by atoms with Crippen LogP contribution in [0.15, 0.2) is 72.8 Å². The van der Waals surface area contributed by atoms with E-state index in [9.17, 15) is 0 Å². The Morgan fingerprint density at radius 3 is 2.30 bits per heavy atom. The summed E-state index contributed by atoms with van der Waals surface area (Å²) in [4.78, 5) is 0. The van der Waals surface area contributed by atoms with Crippen molar-refractivity contribution >= 4 is 14.1 Å². The Kier molecular flexibility index (Phi) is 4.88. The van der Waals surface area contributed by atoms with Gasteiger partial charge in [0.25, 0.3) is 0 Å². The van der Waals surface area contributed by atoms with Crippen LogP contribution in [0.3, 0.4) is 0 Å². The average molecular weight is 413 g/mol. The van der Waals surface area contributed by atoms with E-state index in [0.29, 0.717) is 13.2 Å². The molecule has 0 aliphatic heterocycles. The molecule has 30 heavy (non-hydrogen) atoms. The summed E-state index contributed by atoms with van der Waals surface area (Å²) in [5, 5.41) is 0. The molecule has 2 aliphatic carbocycles. The van der Waals surface area contributed by atoms with Crippen LogP contribution >= 0.6 is 0 Å². The van der Waals surface area contributed by atoms with Crippen LogP contribution < -0.4 is 0 Å². The summed E-state index contributed by atoms with van der Waals surface area (Å²) in [5.74, 6) is 1.22. The molecule has 0 fully saturated rings. The van der Waals surface area contributed by atoms with Crippen LogP contribution in [0.2, 0.25) is 19.6 Å². The van der Waals surface area contributed by atoms with Gasteiger partial charge in [0.1, 0.15) is 12.4 Å². The molecular weight excluding hydrogens is 384 g/mol. The number of ether oxygens (including phenoxy) is 1. The Labute approximate surface area is 180 Å². The summed E-state index contributed by atoms with van der Waals surface area (Å²) in [6, 6.07) is 24.2. The van der Waals surface area contributed by atoms with Crippen molar-refractivity contribution in [3.05, 3.63) is 101 Å². The maximum absolute atomic E-state index is 6.22. The lowest BCUT2D eigenvalue weighted by molar-refractivity contribution is 0.191. The van der Waals surface area contributed by atoms with E-state index in [1.807, 2.05) is 0 Å². The molecule has 3 aromatic rings. The zero-order chi connectivity index (χ0) is 20.7.